The second-order valence-corrected chi connectivity index (χ2v) is 5.12. The molecule has 0 aliphatic rings. The Morgan fingerprint density at radius 2 is 2.00 bits per heavy atom. The first-order valence-corrected chi connectivity index (χ1v) is 6.29. The summed E-state index contributed by atoms with van der Waals surface area (Å²) in [5.74, 6) is -0.318. The average Bonchev–Trinajstić information content (AvgIpc) is 2.28. The van der Waals surface area contributed by atoms with Gasteiger partial charge in [0.25, 0.3) is 0 Å². The van der Waals surface area contributed by atoms with Gasteiger partial charge in [-0.25, -0.2) is 4.79 Å². The maximum absolute atomic E-state index is 11.0. The van der Waals surface area contributed by atoms with E-state index < -0.39 is 5.97 Å². The molecule has 0 bridgehead atoms. The second-order valence-electron chi connectivity index (χ2n) is 5.12. The third-order valence-electron chi connectivity index (χ3n) is 2.87. The van der Waals surface area contributed by atoms with Gasteiger partial charge in [-0.1, -0.05) is 13.8 Å². The zero-order chi connectivity index (χ0) is 13.7. The molecule has 100 valence electrons. The summed E-state index contributed by atoms with van der Waals surface area (Å²) in [4.78, 5) is 11.0. The van der Waals surface area contributed by atoms with E-state index >= 15 is 0 Å². The number of hydrogen-bond donors (Lipinski definition) is 3. The van der Waals surface area contributed by atoms with Crippen molar-refractivity contribution in [1.29, 1.82) is 0 Å². The predicted molar refractivity (Wildman–Crippen MR) is 75.0 cm³/mol. The number of benzene rings is 1. The topological polar surface area (TPSA) is 75.3 Å². The Labute approximate surface area is 108 Å². The van der Waals surface area contributed by atoms with Crippen molar-refractivity contribution in [2.75, 3.05) is 11.1 Å². The van der Waals surface area contributed by atoms with E-state index in [1.165, 1.54) is 0 Å². The van der Waals surface area contributed by atoms with Crippen LogP contribution in [0.1, 0.15) is 44.0 Å². The Morgan fingerprint density at radius 3 is 2.56 bits per heavy atom. The summed E-state index contributed by atoms with van der Waals surface area (Å²) in [5.41, 5.74) is 6.86. The van der Waals surface area contributed by atoms with E-state index in [1.54, 1.807) is 12.1 Å². The molecule has 1 aromatic carbocycles. The van der Waals surface area contributed by atoms with Crippen LogP contribution in [0.2, 0.25) is 0 Å². The SMILES string of the molecule is CC(C)CCC(C)Nc1ccc(N)c(C(=O)O)c1. The molecule has 4 heteroatoms. The first-order chi connectivity index (χ1) is 8.40. The minimum Gasteiger partial charge on any atom is -0.478 e. The lowest BCUT2D eigenvalue weighted by atomic mass is 10.0. The van der Waals surface area contributed by atoms with Gasteiger partial charge in [-0.05, 0) is 43.9 Å². The molecule has 4 nitrogen and oxygen atoms in total. The van der Waals surface area contributed by atoms with E-state index in [-0.39, 0.29) is 5.56 Å². The third kappa shape index (κ3) is 4.28. The zero-order valence-electron chi connectivity index (χ0n) is 11.2. The van der Waals surface area contributed by atoms with Gasteiger partial charge < -0.3 is 16.2 Å². The number of nitrogens with one attached hydrogen (secondary N) is 1. The fourth-order valence-electron chi connectivity index (χ4n) is 1.77. The van der Waals surface area contributed by atoms with Crippen LogP contribution in [0, 0.1) is 5.92 Å². The minimum absolute atomic E-state index is 0.149. The second kappa shape index (κ2) is 6.28. The van der Waals surface area contributed by atoms with E-state index in [4.69, 9.17) is 10.8 Å². The summed E-state index contributed by atoms with van der Waals surface area (Å²) in [6.07, 6.45) is 2.21. The van der Waals surface area contributed by atoms with Gasteiger partial charge in [0, 0.05) is 17.4 Å². The van der Waals surface area contributed by atoms with Crippen molar-refractivity contribution < 1.29 is 9.90 Å². The summed E-state index contributed by atoms with van der Waals surface area (Å²) in [7, 11) is 0. The first-order valence-electron chi connectivity index (χ1n) is 6.29. The highest BCUT2D eigenvalue weighted by atomic mass is 16.4. The summed E-state index contributed by atoms with van der Waals surface area (Å²) >= 11 is 0. The van der Waals surface area contributed by atoms with Crippen LogP contribution in [-0.2, 0) is 0 Å². The molecule has 1 aromatic rings. The molecule has 0 spiro atoms. The van der Waals surface area contributed by atoms with Crippen LogP contribution in [0.4, 0.5) is 11.4 Å². The number of rotatable bonds is 6. The van der Waals surface area contributed by atoms with Crippen LogP contribution in [0.25, 0.3) is 0 Å². The molecule has 0 aliphatic heterocycles. The number of nitrogens with two attached hydrogens (primary N) is 1. The number of carboxylic acids is 1. The molecule has 4 N–H and O–H groups in total. The zero-order valence-corrected chi connectivity index (χ0v) is 11.2. The van der Waals surface area contributed by atoms with Gasteiger partial charge in [0.2, 0.25) is 0 Å². The van der Waals surface area contributed by atoms with Crippen molar-refractivity contribution in [3.63, 3.8) is 0 Å². The van der Waals surface area contributed by atoms with Gasteiger partial charge in [0.15, 0.2) is 0 Å². The minimum atomic E-state index is -0.994. The number of carbonyl (C=O) groups is 1. The van der Waals surface area contributed by atoms with Crippen LogP contribution in [0.15, 0.2) is 18.2 Å². The van der Waals surface area contributed by atoms with Gasteiger partial charge in [-0.3, -0.25) is 0 Å². The van der Waals surface area contributed by atoms with Crippen LogP contribution in [-0.4, -0.2) is 17.1 Å². The summed E-state index contributed by atoms with van der Waals surface area (Å²) in [6.45, 7) is 6.48. The predicted octanol–water partition coefficient (Wildman–Crippen LogP) is 3.20. The number of aromatic carboxylic acids is 1. The molecule has 0 amide bonds. The molecule has 0 aromatic heterocycles. The molecule has 1 unspecified atom stereocenters. The van der Waals surface area contributed by atoms with Crippen molar-refractivity contribution >= 4 is 17.3 Å². The number of carboxylic acid groups (broad SMARTS) is 1. The molecule has 1 rings (SSSR count). The highest BCUT2D eigenvalue weighted by Crippen LogP contribution is 2.19. The molecule has 0 aliphatic carbocycles. The lowest BCUT2D eigenvalue weighted by Gasteiger charge is -2.17. The molecular weight excluding hydrogens is 228 g/mol. The smallest absolute Gasteiger partial charge is 0.337 e. The quantitative estimate of drug-likeness (QED) is 0.678. The lowest BCUT2D eigenvalue weighted by Crippen LogP contribution is -2.16. The number of anilines is 2. The largest absolute Gasteiger partial charge is 0.478 e. The summed E-state index contributed by atoms with van der Waals surface area (Å²) < 4.78 is 0. The average molecular weight is 250 g/mol. The standard InChI is InChI=1S/C14H22N2O2/c1-9(2)4-5-10(3)16-11-6-7-13(15)12(8-11)14(17)18/h6-10,16H,4-5,15H2,1-3H3,(H,17,18). The van der Waals surface area contributed by atoms with Crippen LogP contribution >= 0.6 is 0 Å². The highest BCUT2D eigenvalue weighted by molar-refractivity contribution is 5.94. The van der Waals surface area contributed by atoms with E-state index in [9.17, 15) is 4.79 Å². The van der Waals surface area contributed by atoms with E-state index in [2.05, 4.69) is 26.1 Å². The van der Waals surface area contributed by atoms with Gasteiger partial charge >= 0.3 is 5.97 Å². The normalized spacial score (nSPS) is 12.4. The fraction of sp³-hybridized carbons (Fsp3) is 0.500. The highest BCUT2D eigenvalue weighted by Gasteiger charge is 2.10. The van der Waals surface area contributed by atoms with Gasteiger partial charge in [0.05, 0.1) is 5.56 Å². The van der Waals surface area contributed by atoms with E-state index in [0.29, 0.717) is 17.6 Å². The van der Waals surface area contributed by atoms with Crippen molar-refractivity contribution in [2.24, 2.45) is 5.92 Å². The number of nitrogen functional groups attached to an aromatic ring is 1. The molecule has 0 saturated heterocycles. The van der Waals surface area contributed by atoms with Crippen molar-refractivity contribution in [2.45, 2.75) is 39.7 Å². The monoisotopic (exact) mass is 250 g/mol. The maximum Gasteiger partial charge on any atom is 0.337 e. The molecule has 0 fully saturated rings. The molecule has 1 atom stereocenters. The summed E-state index contributed by atoms with van der Waals surface area (Å²) in [5, 5.41) is 12.3. The van der Waals surface area contributed by atoms with E-state index in [1.807, 2.05) is 6.07 Å². The third-order valence-corrected chi connectivity index (χ3v) is 2.87. The summed E-state index contributed by atoms with van der Waals surface area (Å²) in [6, 6.07) is 5.34. The fourth-order valence-corrected chi connectivity index (χ4v) is 1.77. The molecule has 0 heterocycles. The Bertz CT molecular complexity index is 416. The first kappa shape index (κ1) is 14.4. The maximum atomic E-state index is 11.0. The van der Waals surface area contributed by atoms with Crippen molar-refractivity contribution in [3.05, 3.63) is 23.8 Å². The Kier molecular flexibility index (Phi) is 5.01. The van der Waals surface area contributed by atoms with Gasteiger partial charge in [-0.2, -0.15) is 0 Å². The Morgan fingerprint density at radius 1 is 1.33 bits per heavy atom. The van der Waals surface area contributed by atoms with Crippen molar-refractivity contribution in [3.8, 4) is 0 Å². The molecule has 0 radical (unpaired) electrons. The Balaban J connectivity index is 2.67. The Hall–Kier alpha value is -1.71. The van der Waals surface area contributed by atoms with Crippen molar-refractivity contribution in [1.82, 2.24) is 0 Å². The van der Waals surface area contributed by atoms with E-state index in [0.717, 1.165) is 18.5 Å². The lowest BCUT2D eigenvalue weighted by molar-refractivity contribution is 0.0698. The number of hydrogen-bond acceptors (Lipinski definition) is 3. The van der Waals surface area contributed by atoms with Crippen LogP contribution < -0.4 is 11.1 Å². The molecule has 0 saturated carbocycles. The van der Waals surface area contributed by atoms with Crippen LogP contribution in [0.5, 0.6) is 0 Å². The molecular formula is C14H22N2O2. The van der Waals surface area contributed by atoms with Gasteiger partial charge in [0.1, 0.15) is 0 Å². The molecule has 18 heavy (non-hydrogen) atoms. The van der Waals surface area contributed by atoms with Crippen LogP contribution in [0.3, 0.4) is 0 Å². The van der Waals surface area contributed by atoms with Gasteiger partial charge in [-0.15, -0.1) is 0 Å².